The molecule has 0 amide bonds. The first kappa shape index (κ1) is 60.6. The van der Waals surface area contributed by atoms with Crippen LogP contribution in [0.5, 0.6) is 0 Å². The molecule has 2 aliphatic heterocycles. The number of hydrogen-bond acceptors (Lipinski definition) is 14. The lowest BCUT2D eigenvalue weighted by Gasteiger charge is -2.42. The van der Waals surface area contributed by atoms with E-state index in [4.69, 9.17) is 28.4 Å². The molecule has 7 N–H and O–H groups in total. The SMILES string of the molecule is CCCCCCC/C=C\CCCCCCCCOCC(COC1OC(COC2OC(CO)C(O)C(O)C2O)C(O)C(O)C1O)OC(=O)CCCCCCCCC/C=C\CCCCCCCC. The minimum absolute atomic E-state index is 0.0581. The Labute approximate surface area is 398 Å². The largest absolute Gasteiger partial charge is 0.457 e. The first-order chi connectivity index (χ1) is 32.1. The molecule has 0 aromatic carbocycles. The zero-order valence-electron chi connectivity index (χ0n) is 41.2. The van der Waals surface area contributed by atoms with Gasteiger partial charge in [0.25, 0.3) is 0 Å². The summed E-state index contributed by atoms with van der Waals surface area (Å²) in [5.74, 6) is -0.381. The van der Waals surface area contributed by atoms with E-state index in [9.17, 15) is 40.5 Å². The number of carbonyl (C=O) groups excluding carboxylic acids is 1. The Morgan fingerprint density at radius 1 is 0.485 bits per heavy atom. The highest BCUT2D eigenvalue weighted by Crippen LogP contribution is 2.26. The molecule has 388 valence electrons. The van der Waals surface area contributed by atoms with Crippen molar-refractivity contribution in [1.82, 2.24) is 0 Å². The number of rotatable bonds is 42. The van der Waals surface area contributed by atoms with Gasteiger partial charge in [0, 0.05) is 13.0 Å². The number of esters is 1. The van der Waals surface area contributed by atoms with E-state index in [2.05, 4.69) is 38.2 Å². The van der Waals surface area contributed by atoms with E-state index in [-0.39, 0.29) is 25.6 Å². The van der Waals surface area contributed by atoms with Gasteiger partial charge in [-0.2, -0.15) is 0 Å². The summed E-state index contributed by atoms with van der Waals surface area (Å²) in [6.07, 6.45) is 26.6. The van der Waals surface area contributed by atoms with Crippen molar-refractivity contribution in [1.29, 1.82) is 0 Å². The van der Waals surface area contributed by atoms with Crippen LogP contribution in [0.25, 0.3) is 0 Å². The van der Waals surface area contributed by atoms with Gasteiger partial charge < -0.3 is 64.2 Å². The standard InChI is InChI=1S/C52H96O14/c1-3-5-7-9-11-13-15-17-19-20-21-23-25-27-29-31-33-35-44(54)64-41(38-61-36-34-32-30-28-26-24-22-18-16-14-12-10-8-6-4-2)39-62-51-50(60)48(58)46(56)43(66-51)40-63-52-49(59)47(57)45(55)42(37-53)65-52/h16-19,41-43,45-53,55-60H,3-15,20-40H2,1-2H3/b18-16-,19-17-. The maximum atomic E-state index is 13.0. The van der Waals surface area contributed by atoms with E-state index in [1.165, 1.54) is 122 Å². The molecule has 11 atom stereocenters. The molecule has 2 fully saturated rings. The topological polar surface area (TPSA) is 214 Å². The summed E-state index contributed by atoms with van der Waals surface area (Å²) in [5.41, 5.74) is 0. The molecule has 2 heterocycles. The molecule has 0 bridgehead atoms. The van der Waals surface area contributed by atoms with Gasteiger partial charge in [-0.1, -0.05) is 154 Å². The van der Waals surface area contributed by atoms with Gasteiger partial charge in [0.2, 0.25) is 0 Å². The highest BCUT2D eigenvalue weighted by Gasteiger charge is 2.47. The Bertz CT molecular complexity index is 1190. The van der Waals surface area contributed by atoms with Gasteiger partial charge in [0.05, 0.1) is 26.4 Å². The average molecular weight is 945 g/mol. The highest BCUT2D eigenvalue weighted by molar-refractivity contribution is 5.69. The molecule has 2 aliphatic rings. The van der Waals surface area contributed by atoms with Gasteiger partial charge in [-0.25, -0.2) is 0 Å². The molecule has 2 rings (SSSR count). The summed E-state index contributed by atoms with van der Waals surface area (Å²) in [7, 11) is 0. The summed E-state index contributed by atoms with van der Waals surface area (Å²) in [4.78, 5) is 13.0. The molecular formula is C52H96O14. The van der Waals surface area contributed by atoms with Gasteiger partial charge in [-0.05, 0) is 64.2 Å². The van der Waals surface area contributed by atoms with Gasteiger partial charge in [-0.15, -0.1) is 0 Å². The molecule has 0 aromatic rings. The van der Waals surface area contributed by atoms with Crippen molar-refractivity contribution in [3.05, 3.63) is 24.3 Å². The van der Waals surface area contributed by atoms with Crippen LogP contribution in [0.3, 0.4) is 0 Å². The second-order valence-corrected chi connectivity index (χ2v) is 18.7. The second kappa shape index (κ2) is 40.2. The summed E-state index contributed by atoms with van der Waals surface area (Å²) >= 11 is 0. The first-order valence-electron chi connectivity index (χ1n) is 26.4. The monoisotopic (exact) mass is 945 g/mol. The molecule has 14 heteroatoms. The van der Waals surface area contributed by atoms with E-state index in [1.807, 2.05) is 0 Å². The van der Waals surface area contributed by atoms with Crippen molar-refractivity contribution in [2.24, 2.45) is 0 Å². The van der Waals surface area contributed by atoms with E-state index >= 15 is 0 Å². The lowest BCUT2D eigenvalue weighted by Crippen LogP contribution is -2.61. The van der Waals surface area contributed by atoms with Crippen molar-refractivity contribution < 1.29 is 69.0 Å². The fourth-order valence-electron chi connectivity index (χ4n) is 8.33. The molecule has 0 aromatic heterocycles. The average Bonchev–Trinajstić information content (AvgIpc) is 3.31. The summed E-state index contributed by atoms with van der Waals surface area (Å²) in [6.45, 7) is 3.67. The minimum Gasteiger partial charge on any atom is -0.457 e. The zero-order chi connectivity index (χ0) is 48.0. The van der Waals surface area contributed by atoms with Gasteiger partial charge in [0.15, 0.2) is 12.6 Å². The molecule has 14 nitrogen and oxygen atoms in total. The fraction of sp³-hybridized carbons (Fsp3) is 0.904. The summed E-state index contributed by atoms with van der Waals surface area (Å²) in [5, 5.41) is 72.1. The van der Waals surface area contributed by atoms with Crippen molar-refractivity contribution >= 4 is 5.97 Å². The normalized spacial score (nSPS) is 26.4. The van der Waals surface area contributed by atoms with Crippen LogP contribution >= 0.6 is 0 Å². The van der Waals surface area contributed by atoms with E-state index < -0.39 is 80.7 Å². The Morgan fingerprint density at radius 2 is 0.894 bits per heavy atom. The number of allylic oxidation sites excluding steroid dienone is 4. The van der Waals surface area contributed by atoms with E-state index in [0.717, 1.165) is 51.4 Å². The highest BCUT2D eigenvalue weighted by atomic mass is 16.7. The number of aliphatic hydroxyl groups excluding tert-OH is 7. The predicted molar refractivity (Wildman–Crippen MR) is 257 cm³/mol. The number of hydrogen-bond donors (Lipinski definition) is 7. The molecule has 0 spiro atoms. The smallest absolute Gasteiger partial charge is 0.306 e. The first-order valence-corrected chi connectivity index (χ1v) is 26.4. The van der Waals surface area contributed by atoms with Gasteiger partial charge in [-0.3, -0.25) is 4.79 Å². The number of unbranched alkanes of at least 4 members (excludes halogenated alkanes) is 24. The van der Waals surface area contributed by atoms with Gasteiger partial charge >= 0.3 is 5.97 Å². The minimum atomic E-state index is -1.71. The molecule has 66 heavy (non-hydrogen) atoms. The Kier molecular flexibility index (Phi) is 36.9. The maximum absolute atomic E-state index is 13.0. The quantitative estimate of drug-likeness (QED) is 0.0175. The molecule has 0 radical (unpaired) electrons. The van der Waals surface area contributed by atoms with E-state index in [1.54, 1.807) is 0 Å². The third kappa shape index (κ3) is 27.6. The van der Waals surface area contributed by atoms with Crippen molar-refractivity contribution in [3.63, 3.8) is 0 Å². The van der Waals surface area contributed by atoms with Crippen LogP contribution < -0.4 is 0 Å². The molecule has 0 aliphatic carbocycles. The van der Waals surface area contributed by atoms with Crippen LogP contribution in [0, 0.1) is 0 Å². The number of carbonyl (C=O) groups is 1. The Morgan fingerprint density at radius 3 is 1.38 bits per heavy atom. The molecule has 2 saturated heterocycles. The van der Waals surface area contributed by atoms with Crippen LogP contribution in [0.15, 0.2) is 24.3 Å². The lowest BCUT2D eigenvalue weighted by molar-refractivity contribution is -0.332. The van der Waals surface area contributed by atoms with Crippen LogP contribution in [0.4, 0.5) is 0 Å². The molecule has 11 unspecified atom stereocenters. The predicted octanol–water partition coefficient (Wildman–Crippen LogP) is 8.02. The number of ether oxygens (including phenoxy) is 6. The van der Waals surface area contributed by atoms with Crippen molar-refractivity contribution in [2.75, 3.05) is 33.0 Å². The summed E-state index contributed by atoms with van der Waals surface area (Å²) < 4.78 is 34.3. The van der Waals surface area contributed by atoms with Crippen molar-refractivity contribution in [3.8, 4) is 0 Å². The van der Waals surface area contributed by atoms with Crippen LogP contribution in [-0.2, 0) is 33.2 Å². The molecule has 0 saturated carbocycles. The van der Waals surface area contributed by atoms with Crippen LogP contribution in [0.1, 0.15) is 200 Å². The Hall–Kier alpha value is -1.53. The molecular weight excluding hydrogens is 849 g/mol. The van der Waals surface area contributed by atoms with Crippen molar-refractivity contribution in [2.45, 2.75) is 268 Å². The number of aliphatic hydroxyl groups is 7. The second-order valence-electron chi connectivity index (χ2n) is 18.7. The van der Waals surface area contributed by atoms with E-state index in [0.29, 0.717) is 13.0 Å². The fourth-order valence-corrected chi connectivity index (χ4v) is 8.33. The third-order valence-electron chi connectivity index (χ3n) is 12.7. The lowest BCUT2D eigenvalue weighted by atomic mass is 9.98. The Balaban J connectivity index is 1.76. The van der Waals surface area contributed by atoms with Crippen LogP contribution in [-0.4, -0.2) is 142 Å². The van der Waals surface area contributed by atoms with Crippen LogP contribution in [0.2, 0.25) is 0 Å². The third-order valence-corrected chi connectivity index (χ3v) is 12.7. The van der Waals surface area contributed by atoms with Gasteiger partial charge in [0.1, 0.15) is 54.9 Å². The maximum Gasteiger partial charge on any atom is 0.306 e. The summed E-state index contributed by atoms with van der Waals surface area (Å²) in [6, 6.07) is 0. The zero-order valence-corrected chi connectivity index (χ0v) is 41.2.